The van der Waals surface area contributed by atoms with Gasteiger partial charge >= 0.3 is 0 Å². The number of halogens is 1. The third-order valence-electron chi connectivity index (χ3n) is 6.82. The third-order valence-corrected chi connectivity index (χ3v) is 8.22. The van der Waals surface area contributed by atoms with Crippen molar-refractivity contribution >= 4 is 44.0 Å². The lowest BCUT2D eigenvalue weighted by Crippen LogP contribution is -2.48. The number of ether oxygens (including phenoxy) is 3. The van der Waals surface area contributed by atoms with Crippen LogP contribution in [0.25, 0.3) is 11.0 Å². The second-order valence-electron chi connectivity index (χ2n) is 9.47. The molecule has 1 aliphatic heterocycles. The fourth-order valence-corrected chi connectivity index (χ4v) is 5.89. The molecule has 4 aromatic rings. The largest absolute Gasteiger partial charge is 0.495 e. The number of rotatable bonds is 10. The summed E-state index contributed by atoms with van der Waals surface area (Å²) >= 11 is 0. The average molecular weight is 559 g/mol. The molecule has 3 N–H and O–H groups in total. The van der Waals surface area contributed by atoms with Gasteiger partial charge in [0.05, 0.1) is 45.5 Å². The van der Waals surface area contributed by atoms with Crippen molar-refractivity contribution in [1.82, 2.24) is 15.4 Å². The Labute approximate surface area is 223 Å². The summed E-state index contributed by atoms with van der Waals surface area (Å²) in [4.78, 5) is 1.54. The van der Waals surface area contributed by atoms with Gasteiger partial charge in [0.25, 0.3) is 10.0 Å². The van der Waals surface area contributed by atoms with Crippen LogP contribution in [0.2, 0.25) is 0 Å². The van der Waals surface area contributed by atoms with Gasteiger partial charge in [-0.05, 0) is 18.9 Å². The molecule has 2 aromatic carbocycles. The summed E-state index contributed by atoms with van der Waals surface area (Å²) < 4.78 is 64.8. The molecule has 2 fully saturated rings. The number of H-pyrrole nitrogens is 1. The summed E-state index contributed by atoms with van der Waals surface area (Å²) in [7, 11) is -0.0598. The first-order valence-corrected chi connectivity index (χ1v) is 13.8. The molecule has 3 heterocycles. The SMILES string of the molecule is COc1cc2c(NS(=O)(=O)c3c(OC)cc(N4CC(F)C4)cc3OC)noc2cc1Nc1cc(C2CC2)[nH]n1. The van der Waals surface area contributed by atoms with E-state index >= 15 is 0 Å². The molecule has 1 saturated carbocycles. The van der Waals surface area contributed by atoms with E-state index in [1.807, 2.05) is 6.07 Å². The van der Waals surface area contributed by atoms with Crippen molar-refractivity contribution < 1.29 is 31.5 Å². The van der Waals surface area contributed by atoms with E-state index in [4.69, 9.17) is 18.7 Å². The molecular weight excluding hydrogens is 531 g/mol. The highest BCUT2D eigenvalue weighted by Gasteiger charge is 2.32. The molecule has 12 nitrogen and oxygen atoms in total. The maximum Gasteiger partial charge on any atom is 0.270 e. The fourth-order valence-electron chi connectivity index (χ4n) is 4.57. The smallest absolute Gasteiger partial charge is 0.270 e. The average Bonchev–Trinajstić information content (AvgIpc) is 3.55. The van der Waals surface area contributed by atoms with Gasteiger partial charge in [-0.25, -0.2) is 12.8 Å². The Bertz CT molecular complexity index is 1620. The van der Waals surface area contributed by atoms with Gasteiger partial charge in [0, 0.05) is 41.6 Å². The van der Waals surface area contributed by atoms with Crippen molar-refractivity contribution in [3.8, 4) is 17.2 Å². The van der Waals surface area contributed by atoms with Gasteiger partial charge in [-0.3, -0.25) is 9.82 Å². The lowest BCUT2D eigenvalue weighted by molar-refractivity contribution is 0.274. The summed E-state index contributed by atoms with van der Waals surface area (Å²) in [6.45, 7) is 0.421. The van der Waals surface area contributed by atoms with Crippen LogP contribution in [0.3, 0.4) is 0 Å². The maximum atomic E-state index is 13.6. The Balaban J connectivity index is 1.31. The highest BCUT2D eigenvalue weighted by atomic mass is 32.2. The zero-order valence-electron chi connectivity index (χ0n) is 21.4. The number of fused-ring (bicyclic) bond motifs is 1. The molecule has 0 atom stereocenters. The molecular formula is C25H27FN6O6S. The van der Waals surface area contributed by atoms with Crippen molar-refractivity contribution in [2.75, 3.05) is 49.4 Å². The van der Waals surface area contributed by atoms with E-state index in [0.717, 1.165) is 18.5 Å². The number of nitrogens with one attached hydrogen (secondary N) is 3. The van der Waals surface area contributed by atoms with E-state index in [-0.39, 0.29) is 35.3 Å². The summed E-state index contributed by atoms with van der Waals surface area (Å²) in [5, 5.41) is 14.9. The van der Waals surface area contributed by atoms with Crippen LogP contribution in [-0.4, -0.2) is 64.4 Å². The van der Waals surface area contributed by atoms with Gasteiger partial charge in [-0.1, -0.05) is 5.16 Å². The van der Waals surface area contributed by atoms with Gasteiger partial charge in [0.15, 0.2) is 22.1 Å². The van der Waals surface area contributed by atoms with Crippen molar-refractivity contribution in [3.05, 3.63) is 36.0 Å². The Morgan fingerprint density at radius 3 is 2.33 bits per heavy atom. The van der Waals surface area contributed by atoms with Gasteiger partial charge in [-0.2, -0.15) is 5.10 Å². The van der Waals surface area contributed by atoms with E-state index in [2.05, 4.69) is 25.4 Å². The number of alkyl halides is 1. The Hall–Kier alpha value is -4.20. The van der Waals surface area contributed by atoms with Crippen LogP contribution in [0, 0.1) is 0 Å². The molecule has 0 unspecified atom stereocenters. The van der Waals surface area contributed by atoms with Crippen molar-refractivity contribution in [1.29, 1.82) is 0 Å². The normalized spacial score (nSPS) is 15.7. The Kier molecular flexibility index (Phi) is 6.13. The predicted octanol–water partition coefficient (Wildman–Crippen LogP) is 4.16. The molecule has 6 rings (SSSR count). The first-order valence-electron chi connectivity index (χ1n) is 12.3. The van der Waals surface area contributed by atoms with Crippen LogP contribution in [0.15, 0.2) is 39.8 Å². The second kappa shape index (κ2) is 9.52. The molecule has 14 heteroatoms. The van der Waals surface area contributed by atoms with Crippen LogP contribution in [0.4, 0.5) is 27.4 Å². The number of aromatic nitrogens is 3. The number of hydrogen-bond acceptors (Lipinski definition) is 10. The molecule has 0 radical (unpaired) electrons. The number of hydrogen-bond donors (Lipinski definition) is 3. The lowest BCUT2D eigenvalue weighted by atomic mass is 10.1. The first kappa shape index (κ1) is 25.1. The molecule has 0 amide bonds. The summed E-state index contributed by atoms with van der Waals surface area (Å²) in [6, 6.07) is 8.30. The number of aromatic amines is 1. The first-order chi connectivity index (χ1) is 18.8. The van der Waals surface area contributed by atoms with E-state index in [1.165, 1.54) is 33.5 Å². The van der Waals surface area contributed by atoms with Crippen LogP contribution in [-0.2, 0) is 10.0 Å². The van der Waals surface area contributed by atoms with E-state index in [1.54, 1.807) is 17.0 Å². The Morgan fingerprint density at radius 1 is 1.03 bits per heavy atom. The van der Waals surface area contributed by atoms with Crippen molar-refractivity contribution in [2.45, 2.75) is 29.8 Å². The molecule has 2 aliphatic rings. The second-order valence-corrected chi connectivity index (χ2v) is 11.1. The lowest BCUT2D eigenvalue weighted by Gasteiger charge is -2.36. The standard InChI is InChI=1S/C25H27FN6O6S/c1-35-20-8-16-19(9-18(20)27-23-10-17(28-29-23)13-4-5-13)38-30-25(16)31-39(33,34)24-21(36-2)6-15(7-22(24)37-3)32-11-14(26)12-32/h6-10,13-14H,4-5,11-12H2,1-3H3,(H,30,31)(H2,27,28,29). The molecule has 206 valence electrons. The quantitative estimate of drug-likeness (QED) is 0.260. The predicted molar refractivity (Wildman–Crippen MR) is 142 cm³/mol. The Morgan fingerprint density at radius 2 is 1.72 bits per heavy atom. The molecule has 39 heavy (non-hydrogen) atoms. The highest BCUT2D eigenvalue weighted by molar-refractivity contribution is 7.93. The molecule has 0 spiro atoms. The molecule has 1 aliphatic carbocycles. The van der Waals surface area contributed by atoms with E-state index in [9.17, 15) is 12.8 Å². The number of anilines is 4. The summed E-state index contributed by atoms with van der Waals surface area (Å²) in [6.07, 6.45) is 1.36. The van der Waals surface area contributed by atoms with Crippen LogP contribution >= 0.6 is 0 Å². The summed E-state index contributed by atoms with van der Waals surface area (Å²) in [5.74, 6) is 1.62. The number of nitrogens with zero attached hydrogens (tertiary/aromatic N) is 3. The minimum absolute atomic E-state index is 0.0400. The van der Waals surface area contributed by atoms with E-state index in [0.29, 0.717) is 39.8 Å². The third kappa shape index (κ3) is 4.64. The highest BCUT2D eigenvalue weighted by Crippen LogP contribution is 2.42. The van der Waals surface area contributed by atoms with Crippen molar-refractivity contribution in [2.24, 2.45) is 0 Å². The van der Waals surface area contributed by atoms with Gasteiger partial charge in [0.1, 0.15) is 23.4 Å². The van der Waals surface area contributed by atoms with Gasteiger partial charge in [-0.15, -0.1) is 0 Å². The molecule has 2 aromatic heterocycles. The minimum Gasteiger partial charge on any atom is -0.495 e. The van der Waals surface area contributed by atoms with Crippen LogP contribution in [0.1, 0.15) is 24.5 Å². The molecule has 1 saturated heterocycles. The van der Waals surface area contributed by atoms with Gasteiger partial charge < -0.3 is 29.0 Å². The molecule has 0 bridgehead atoms. The fraction of sp³-hybridized carbons (Fsp3) is 0.360. The minimum atomic E-state index is -4.27. The van der Waals surface area contributed by atoms with Crippen LogP contribution < -0.4 is 29.1 Å². The zero-order valence-corrected chi connectivity index (χ0v) is 22.3. The number of benzene rings is 2. The van der Waals surface area contributed by atoms with Crippen LogP contribution in [0.5, 0.6) is 17.2 Å². The maximum absolute atomic E-state index is 13.6. The van der Waals surface area contributed by atoms with E-state index < -0.39 is 16.2 Å². The number of methoxy groups -OCH3 is 3. The van der Waals surface area contributed by atoms with Crippen molar-refractivity contribution in [3.63, 3.8) is 0 Å². The number of sulfonamides is 1. The monoisotopic (exact) mass is 558 g/mol. The topological polar surface area (TPSA) is 144 Å². The zero-order chi connectivity index (χ0) is 27.3. The van der Waals surface area contributed by atoms with Gasteiger partial charge in [0.2, 0.25) is 0 Å². The summed E-state index contributed by atoms with van der Waals surface area (Å²) in [5.41, 5.74) is 2.56.